The Morgan fingerprint density at radius 1 is 1.00 bits per heavy atom. The van der Waals surface area contributed by atoms with Crippen molar-refractivity contribution >= 4 is 28.8 Å². The number of amidine groups is 1. The Labute approximate surface area is 228 Å². The first kappa shape index (κ1) is 26.5. The fourth-order valence-electron chi connectivity index (χ4n) is 4.11. The Kier molecular flexibility index (Phi) is 7.69. The maximum atomic E-state index is 12.4. The van der Waals surface area contributed by atoms with E-state index in [9.17, 15) is 13.2 Å². The highest BCUT2D eigenvalue weighted by molar-refractivity contribution is 8.14. The molecule has 0 bridgehead atoms. The van der Waals surface area contributed by atoms with Crippen molar-refractivity contribution in [1.29, 1.82) is 0 Å². The van der Waals surface area contributed by atoms with Crippen molar-refractivity contribution in [3.8, 4) is 22.8 Å². The summed E-state index contributed by atoms with van der Waals surface area (Å²) < 4.78 is 42.5. The second-order valence-electron chi connectivity index (χ2n) is 9.02. The van der Waals surface area contributed by atoms with Gasteiger partial charge in [-0.2, -0.15) is 5.10 Å². The molecule has 5 rings (SSSR count). The molecule has 0 unspecified atom stereocenters. The number of rotatable bonds is 7. The maximum Gasteiger partial charge on any atom is 0.573 e. The summed E-state index contributed by atoms with van der Waals surface area (Å²) in [5, 5.41) is 14.1. The van der Waals surface area contributed by atoms with Gasteiger partial charge in [-0.3, -0.25) is 0 Å². The summed E-state index contributed by atoms with van der Waals surface area (Å²) in [6.45, 7) is 5.27. The molecular weight excluding hydrogens is 525 g/mol. The number of nitrogens with zero attached hydrogens (tertiary/aromatic N) is 6. The average Bonchev–Trinajstić information content (AvgIpc) is 3.59. The van der Waals surface area contributed by atoms with Gasteiger partial charge in [-0.15, -0.1) is 23.4 Å². The molecule has 1 saturated heterocycles. The first-order chi connectivity index (χ1) is 18.8. The van der Waals surface area contributed by atoms with Gasteiger partial charge in [0.05, 0.1) is 11.9 Å². The van der Waals surface area contributed by atoms with Crippen LogP contribution in [-0.4, -0.2) is 44.8 Å². The first-order valence-corrected chi connectivity index (χ1v) is 13.2. The van der Waals surface area contributed by atoms with Crippen molar-refractivity contribution in [2.75, 3.05) is 17.2 Å². The lowest BCUT2D eigenvalue weighted by molar-refractivity contribution is -0.274. The molecule has 3 aromatic carbocycles. The third-order valence-corrected chi connectivity index (χ3v) is 6.92. The van der Waals surface area contributed by atoms with Crippen molar-refractivity contribution in [3.63, 3.8) is 0 Å². The van der Waals surface area contributed by atoms with Crippen LogP contribution in [0, 0.1) is 0 Å². The van der Waals surface area contributed by atoms with E-state index in [2.05, 4.69) is 62.0 Å². The molecule has 1 fully saturated rings. The van der Waals surface area contributed by atoms with Gasteiger partial charge in [-0.1, -0.05) is 68.1 Å². The van der Waals surface area contributed by atoms with E-state index in [0.29, 0.717) is 17.4 Å². The molecule has 0 radical (unpaired) electrons. The van der Waals surface area contributed by atoms with Gasteiger partial charge in [-0.25, -0.2) is 9.67 Å². The lowest BCUT2D eigenvalue weighted by Crippen LogP contribution is -2.24. The minimum Gasteiger partial charge on any atom is -0.406 e. The summed E-state index contributed by atoms with van der Waals surface area (Å²) in [7, 11) is 0. The molecule has 39 heavy (non-hydrogen) atoms. The molecule has 2 heterocycles. The zero-order valence-electron chi connectivity index (χ0n) is 21.2. The van der Waals surface area contributed by atoms with Gasteiger partial charge in [0, 0.05) is 23.5 Å². The van der Waals surface area contributed by atoms with Gasteiger partial charge in [0.15, 0.2) is 11.0 Å². The number of aromatic nitrogens is 3. The number of thioether (sulfide) groups is 1. The number of halogens is 3. The number of anilines is 1. The molecule has 1 aliphatic rings. The standard InChI is InChI=1S/C28H25F3N6OS/c1-19(2)24-5-3-4-6-25(24)36-15-16-39-27(36)34-33-17-20-7-9-21(10-8-20)26-32-18-37(35-26)22-11-13-23(14-12-22)38-28(29,30)31/h3-14,17-19H,15-16H2,1-2H3/b33-17-,34-27+. The number of para-hydroxylation sites is 1. The molecule has 4 aromatic rings. The van der Waals surface area contributed by atoms with Gasteiger partial charge in [0.1, 0.15) is 12.1 Å². The second kappa shape index (κ2) is 11.3. The minimum absolute atomic E-state index is 0.298. The first-order valence-electron chi connectivity index (χ1n) is 12.3. The van der Waals surface area contributed by atoms with E-state index in [1.54, 1.807) is 18.0 Å². The van der Waals surface area contributed by atoms with Crippen LogP contribution in [0.1, 0.15) is 30.9 Å². The summed E-state index contributed by atoms with van der Waals surface area (Å²) in [6, 6.07) is 21.4. The Morgan fingerprint density at radius 3 is 2.46 bits per heavy atom. The normalized spacial score (nSPS) is 15.1. The van der Waals surface area contributed by atoms with E-state index in [1.807, 2.05) is 30.3 Å². The third-order valence-electron chi connectivity index (χ3n) is 5.97. The van der Waals surface area contributed by atoms with E-state index >= 15 is 0 Å². The van der Waals surface area contributed by atoms with E-state index in [4.69, 9.17) is 0 Å². The van der Waals surface area contributed by atoms with Gasteiger partial charge < -0.3 is 9.64 Å². The van der Waals surface area contributed by atoms with Crippen molar-refractivity contribution < 1.29 is 17.9 Å². The molecule has 1 aromatic heterocycles. The average molecular weight is 551 g/mol. The van der Waals surface area contributed by atoms with Crippen molar-refractivity contribution in [3.05, 3.63) is 90.3 Å². The molecule has 200 valence electrons. The van der Waals surface area contributed by atoms with Crippen LogP contribution in [0.4, 0.5) is 18.9 Å². The molecule has 1 aliphatic heterocycles. The van der Waals surface area contributed by atoms with Crippen LogP contribution in [0.3, 0.4) is 0 Å². The summed E-state index contributed by atoms with van der Waals surface area (Å²) in [4.78, 5) is 6.54. The highest BCUT2D eigenvalue weighted by Gasteiger charge is 2.31. The van der Waals surface area contributed by atoms with Crippen LogP contribution in [0.15, 0.2) is 89.3 Å². The smallest absolute Gasteiger partial charge is 0.406 e. The topological polar surface area (TPSA) is 67.9 Å². The summed E-state index contributed by atoms with van der Waals surface area (Å²) in [6.07, 6.45) is -1.52. The largest absolute Gasteiger partial charge is 0.573 e. The fraction of sp³-hybridized carbons (Fsp3) is 0.214. The van der Waals surface area contributed by atoms with E-state index in [0.717, 1.165) is 28.6 Å². The Bertz CT molecular complexity index is 1480. The van der Waals surface area contributed by atoms with Gasteiger partial charge in [0.25, 0.3) is 0 Å². The number of ether oxygens (including phenoxy) is 1. The highest BCUT2D eigenvalue weighted by atomic mass is 32.2. The predicted octanol–water partition coefficient (Wildman–Crippen LogP) is 6.90. The van der Waals surface area contributed by atoms with Crippen LogP contribution >= 0.6 is 11.8 Å². The van der Waals surface area contributed by atoms with Gasteiger partial charge in [0.2, 0.25) is 0 Å². The zero-order valence-corrected chi connectivity index (χ0v) is 22.0. The van der Waals surface area contributed by atoms with Crippen LogP contribution in [-0.2, 0) is 0 Å². The van der Waals surface area contributed by atoms with E-state index in [1.165, 1.54) is 46.5 Å². The molecule has 7 nitrogen and oxygen atoms in total. The van der Waals surface area contributed by atoms with Crippen molar-refractivity contribution in [2.45, 2.75) is 26.1 Å². The van der Waals surface area contributed by atoms with E-state index < -0.39 is 6.36 Å². The number of alkyl halides is 3. The summed E-state index contributed by atoms with van der Waals surface area (Å²) in [5.74, 6) is 1.56. The SMILES string of the molecule is CC(C)c1ccccc1N1CCS/C1=N/N=C\c1ccc(-c2ncn(-c3ccc(OC(F)(F)F)cc3)n2)cc1. The third kappa shape index (κ3) is 6.48. The summed E-state index contributed by atoms with van der Waals surface area (Å²) in [5.41, 5.74) is 4.68. The molecule has 0 spiro atoms. The lowest BCUT2D eigenvalue weighted by Gasteiger charge is -2.22. The van der Waals surface area contributed by atoms with Gasteiger partial charge in [-0.05, 0) is 47.4 Å². The Morgan fingerprint density at radius 2 is 1.74 bits per heavy atom. The molecule has 0 atom stereocenters. The molecule has 0 N–H and O–H groups in total. The van der Waals surface area contributed by atoms with Crippen molar-refractivity contribution in [2.24, 2.45) is 10.2 Å². The number of benzene rings is 3. The minimum atomic E-state index is -4.73. The molecular formula is C28H25F3N6OS. The molecule has 11 heteroatoms. The molecule has 0 aliphatic carbocycles. The molecule has 0 amide bonds. The van der Waals surface area contributed by atoms with Crippen LogP contribution in [0.2, 0.25) is 0 Å². The van der Waals surface area contributed by atoms with Crippen LogP contribution < -0.4 is 9.64 Å². The monoisotopic (exact) mass is 550 g/mol. The quantitative estimate of drug-likeness (QED) is 0.185. The van der Waals surface area contributed by atoms with Crippen LogP contribution in [0.5, 0.6) is 5.75 Å². The molecule has 0 saturated carbocycles. The highest BCUT2D eigenvalue weighted by Crippen LogP contribution is 2.32. The maximum absolute atomic E-state index is 12.4. The lowest BCUT2D eigenvalue weighted by atomic mass is 10.0. The van der Waals surface area contributed by atoms with Crippen LogP contribution in [0.25, 0.3) is 17.1 Å². The fourth-order valence-corrected chi connectivity index (χ4v) is 5.02. The predicted molar refractivity (Wildman–Crippen MR) is 149 cm³/mol. The number of hydrogen-bond donors (Lipinski definition) is 0. The second-order valence-corrected chi connectivity index (χ2v) is 10.1. The summed E-state index contributed by atoms with van der Waals surface area (Å²) >= 11 is 1.69. The zero-order chi connectivity index (χ0) is 27.4. The van der Waals surface area contributed by atoms with Gasteiger partial charge >= 0.3 is 6.36 Å². The van der Waals surface area contributed by atoms with E-state index in [-0.39, 0.29) is 5.75 Å². The Hall–Kier alpha value is -4.12. The Balaban J connectivity index is 1.25. The number of hydrogen-bond acceptors (Lipinski definition) is 6. The van der Waals surface area contributed by atoms with Crippen molar-refractivity contribution in [1.82, 2.24) is 14.8 Å².